The van der Waals surface area contributed by atoms with Crippen molar-refractivity contribution in [1.29, 1.82) is 0 Å². The van der Waals surface area contributed by atoms with Crippen molar-refractivity contribution < 1.29 is 4.39 Å². The van der Waals surface area contributed by atoms with Crippen molar-refractivity contribution in [3.63, 3.8) is 0 Å². The molecule has 0 saturated carbocycles. The van der Waals surface area contributed by atoms with E-state index in [0.717, 1.165) is 23.4 Å². The highest BCUT2D eigenvalue weighted by Crippen LogP contribution is 2.34. The summed E-state index contributed by atoms with van der Waals surface area (Å²) < 4.78 is 14.1. The summed E-state index contributed by atoms with van der Waals surface area (Å²) in [6.45, 7) is 11.4. The molecule has 0 bridgehead atoms. The maximum Gasteiger partial charge on any atom is 0.137 e. The van der Waals surface area contributed by atoms with Gasteiger partial charge in [0.15, 0.2) is 0 Å². The maximum absolute atomic E-state index is 14.0. The van der Waals surface area contributed by atoms with Gasteiger partial charge in [0, 0.05) is 15.7 Å². The Morgan fingerprint density at radius 1 is 1.33 bits per heavy atom. The molecule has 0 saturated heterocycles. The van der Waals surface area contributed by atoms with Gasteiger partial charge in [0.1, 0.15) is 5.82 Å². The van der Waals surface area contributed by atoms with Crippen LogP contribution in [0.4, 0.5) is 4.39 Å². The summed E-state index contributed by atoms with van der Waals surface area (Å²) in [6, 6.07) is 5.77. The van der Waals surface area contributed by atoms with Crippen LogP contribution < -0.4 is 5.32 Å². The van der Waals surface area contributed by atoms with Gasteiger partial charge >= 0.3 is 0 Å². The summed E-state index contributed by atoms with van der Waals surface area (Å²) >= 11 is 1.57. The molecule has 1 aromatic carbocycles. The monoisotopic (exact) mass is 269 g/mol. The molecule has 1 N–H and O–H groups in total. The topological polar surface area (TPSA) is 12.0 Å². The average molecular weight is 269 g/mol. The molecule has 0 heterocycles. The minimum absolute atomic E-state index is 0.0361. The molecule has 0 amide bonds. The summed E-state index contributed by atoms with van der Waals surface area (Å²) in [5, 5.41) is 3.37. The zero-order valence-corrected chi connectivity index (χ0v) is 12.8. The largest absolute Gasteiger partial charge is 0.310 e. The Balaban J connectivity index is 2.79. The Morgan fingerprint density at radius 2 is 2.00 bits per heavy atom. The second kappa shape index (κ2) is 6.58. The number of rotatable bonds is 5. The van der Waals surface area contributed by atoms with E-state index < -0.39 is 0 Å². The highest BCUT2D eigenvalue weighted by Gasteiger charge is 2.16. The van der Waals surface area contributed by atoms with E-state index >= 15 is 0 Å². The standard InChI is InChI=1S/C15H24FNS/c1-6-9-17-11(2)12-7-8-14(13(16)10-12)18-15(3,4)5/h7-8,10-11,17H,6,9H2,1-5H3. The van der Waals surface area contributed by atoms with E-state index in [0.29, 0.717) is 0 Å². The fraction of sp³-hybridized carbons (Fsp3) is 0.600. The Kier molecular flexibility index (Phi) is 5.67. The van der Waals surface area contributed by atoms with Gasteiger partial charge in [0.2, 0.25) is 0 Å². The van der Waals surface area contributed by atoms with E-state index in [1.54, 1.807) is 17.8 Å². The SMILES string of the molecule is CCCNC(C)c1ccc(SC(C)(C)C)c(F)c1. The van der Waals surface area contributed by atoms with Gasteiger partial charge in [-0.15, -0.1) is 11.8 Å². The van der Waals surface area contributed by atoms with Crippen LogP contribution in [0.2, 0.25) is 0 Å². The quantitative estimate of drug-likeness (QED) is 0.772. The van der Waals surface area contributed by atoms with Gasteiger partial charge in [-0.2, -0.15) is 0 Å². The number of thioether (sulfide) groups is 1. The van der Waals surface area contributed by atoms with Crippen LogP contribution in [-0.4, -0.2) is 11.3 Å². The lowest BCUT2D eigenvalue weighted by Gasteiger charge is -2.19. The lowest BCUT2D eigenvalue weighted by atomic mass is 10.1. The van der Waals surface area contributed by atoms with Gasteiger partial charge in [-0.1, -0.05) is 33.8 Å². The molecule has 1 aromatic rings. The number of nitrogens with one attached hydrogen (secondary N) is 1. The van der Waals surface area contributed by atoms with Gasteiger partial charge < -0.3 is 5.32 Å². The molecule has 3 heteroatoms. The Morgan fingerprint density at radius 3 is 2.50 bits per heavy atom. The second-order valence-corrected chi connectivity index (χ2v) is 7.45. The Labute approximate surface area is 115 Å². The highest BCUT2D eigenvalue weighted by molar-refractivity contribution is 8.00. The minimum atomic E-state index is -0.113. The molecule has 18 heavy (non-hydrogen) atoms. The lowest BCUT2D eigenvalue weighted by Crippen LogP contribution is -2.19. The summed E-state index contributed by atoms with van der Waals surface area (Å²) in [5.41, 5.74) is 1.01. The molecular formula is C15H24FNS. The fourth-order valence-electron chi connectivity index (χ4n) is 1.68. The number of hydrogen-bond donors (Lipinski definition) is 1. The third-order valence-corrected chi connectivity index (χ3v) is 3.74. The molecule has 0 radical (unpaired) electrons. The van der Waals surface area contributed by atoms with Gasteiger partial charge in [-0.3, -0.25) is 0 Å². The minimum Gasteiger partial charge on any atom is -0.310 e. The van der Waals surface area contributed by atoms with Crippen LogP contribution in [0.3, 0.4) is 0 Å². The van der Waals surface area contributed by atoms with Crippen LogP contribution in [-0.2, 0) is 0 Å². The van der Waals surface area contributed by atoms with E-state index in [9.17, 15) is 4.39 Å². The zero-order chi connectivity index (χ0) is 13.8. The van der Waals surface area contributed by atoms with Gasteiger partial charge in [0.25, 0.3) is 0 Å². The summed E-state index contributed by atoms with van der Waals surface area (Å²) in [7, 11) is 0. The van der Waals surface area contributed by atoms with E-state index in [-0.39, 0.29) is 16.6 Å². The Hall–Kier alpha value is -0.540. The molecule has 0 aliphatic rings. The molecular weight excluding hydrogens is 245 g/mol. The molecule has 0 aliphatic heterocycles. The zero-order valence-electron chi connectivity index (χ0n) is 12.0. The first-order valence-corrected chi connectivity index (χ1v) is 7.37. The van der Waals surface area contributed by atoms with Crippen molar-refractivity contribution in [2.45, 2.75) is 56.7 Å². The maximum atomic E-state index is 14.0. The van der Waals surface area contributed by atoms with Crippen LogP contribution in [0.25, 0.3) is 0 Å². The molecule has 1 unspecified atom stereocenters. The van der Waals surface area contributed by atoms with Gasteiger partial charge in [-0.05, 0) is 37.6 Å². The van der Waals surface area contributed by atoms with Crippen LogP contribution >= 0.6 is 11.8 Å². The van der Waals surface area contributed by atoms with Crippen molar-refractivity contribution in [3.05, 3.63) is 29.6 Å². The molecule has 1 rings (SSSR count). The smallest absolute Gasteiger partial charge is 0.137 e. The Bertz CT molecular complexity index is 385. The van der Waals surface area contributed by atoms with Crippen LogP contribution in [0.15, 0.2) is 23.1 Å². The van der Waals surface area contributed by atoms with Crippen LogP contribution in [0.5, 0.6) is 0 Å². The molecule has 0 aromatic heterocycles. The number of benzene rings is 1. The summed E-state index contributed by atoms with van der Waals surface area (Å²) in [5.74, 6) is -0.113. The van der Waals surface area contributed by atoms with Crippen molar-refractivity contribution in [1.82, 2.24) is 5.32 Å². The predicted molar refractivity (Wildman–Crippen MR) is 78.7 cm³/mol. The third-order valence-electron chi connectivity index (χ3n) is 2.57. The van der Waals surface area contributed by atoms with Gasteiger partial charge in [-0.25, -0.2) is 4.39 Å². The van der Waals surface area contributed by atoms with Crippen molar-refractivity contribution >= 4 is 11.8 Å². The second-order valence-electron chi connectivity index (χ2n) is 5.58. The molecule has 0 spiro atoms. The van der Waals surface area contributed by atoms with E-state index in [1.165, 1.54) is 0 Å². The van der Waals surface area contributed by atoms with Gasteiger partial charge in [0.05, 0.1) is 0 Å². The highest BCUT2D eigenvalue weighted by atomic mass is 32.2. The fourth-order valence-corrected chi connectivity index (χ4v) is 2.63. The first kappa shape index (κ1) is 15.5. The van der Waals surface area contributed by atoms with Crippen LogP contribution in [0.1, 0.15) is 52.6 Å². The van der Waals surface area contributed by atoms with Crippen LogP contribution in [0, 0.1) is 5.82 Å². The van der Waals surface area contributed by atoms with E-state index in [1.807, 2.05) is 12.1 Å². The predicted octanol–water partition coefficient (Wildman–Crippen LogP) is 4.78. The van der Waals surface area contributed by atoms with Crippen molar-refractivity contribution in [2.75, 3.05) is 6.54 Å². The normalized spacial score (nSPS) is 13.7. The molecule has 1 atom stereocenters. The molecule has 1 nitrogen and oxygen atoms in total. The van der Waals surface area contributed by atoms with E-state index in [2.05, 4.69) is 39.9 Å². The first-order valence-electron chi connectivity index (χ1n) is 6.55. The molecule has 0 aliphatic carbocycles. The van der Waals surface area contributed by atoms with Crippen molar-refractivity contribution in [2.24, 2.45) is 0 Å². The van der Waals surface area contributed by atoms with Crippen molar-refractivity contribution in [3.8, 4) is 0 Å². The summed E-state index contributed by atoms with van der Waals surface area (Å²) in [6.07, 6.45) is 1.09. The first-order chi connectivity index (χ1) is 8.33. The summed E-state index contributed by atoms with van der Waals surface area (Å²) in [4.78, 5) is 0.731. The molecule has 0 fully saturated rings. The average Bonchev–Trinajstić information content (AvgIpc) is 2.27. The number of hydrogen-bond acceptors (Lipinski definition) is 2. The van der Waals surface area contributed by atoms with E-state index in [4.69, 9.17) is 0 Å². The third kappa shape index (κ3) is 4.99. The molecule has 102 valence electrons. The lowest BCUT2D eigenvalue weighted by molar-refractivity contribution is 0.556. The number of halogens is 1.